The molecule has 2 aromatic carbocycles. The van der Waals surface area contributed by atoms with Crippen molar-refractivity contribution in [2.24, 2.45) is 0 Å². The number of aromatic nitrogens is 1. The van der Waals surface area contributed by atoms with Gasteiger partial charge in [0.2, 0.25) is 10.0 Å². The lowest BCUT2D eigenvalue weighted by Crippen LogP contribution is -2.28. The number of carbonyl (C=O) groups is 1. The Kier molecular flexibility index (Phi) is 5.63. The van der Waals surface area contributed by atoms with Gasteiger partial charge in [-0.25, -0.2) is 22.2 Å². The van der Waals surface area contributed by atoms with Gasteiger partial charge in [-0.05, 0) is 49.2 Å². The molecule has 156 valence electrons. The fourth-order valence-corrected chi connectivity index (χ4v) is 5.44. The van der Waals surface area contributed by atoms with E-state index in [1.807, 2.05) is 0 Å². The van der Waals surface area contributed by atoms with Crippen molar-refractivity contribution >= 4 is 32.4 Å². The first-order valence-electron chi connectivity index (χ1n) is 9.17. The Hall–Kier alpha value is -2.69. The molecule has 1 aliphatic rings. The van der Waals surface area contributed by atoms with Crippen LogP contribution < -0.4 is 5.32 Å². The second-order valence-corrected chi connectivity index (χ2v) is 9.56. The van der Waals surface area contributed by atoms with Crippen LogP contribution in [0.4, 0.5) is 13.9 Å². The van der Waals surface area contributed by atoms with Crippen LogP contribution in [0.15, 0.2) is 52.7 Å². The summed E-state index contributed by atoms with van der Waals surface area (Å²) in [6.07, 6.45) is 1.65. The summed E-state index contributed by atoms with van der Waals surface area (Å²) in [6.45, 7) is 0.954. The summed E-state index contributed by atoms with van der Waals surface area (Å²) in [5.41, 5.74) is 0.948. The maximum atomic E-state index is 13.4. The van der Waals surface area contributed by atoms with Crippen molar-refractivity contribution in [2.75, 3.05) is 18.4 Å². The minimum absolute atomic E-state index is 0.0682. The molecule has 6 nitrogen and oxygen atoms in total. The van der Waals surface area contributed by atoms with Gasteiger partial charge < -0.3 is 0 Å². The third-order valence-electron chi connectivity index (χ3n) is 4.74. The standard InChI is InChI=1S/C20H17F2N3O3S2/c21-16-7-6-13(11-17(16)22)18-12-29-20(23-18)24-19(26)14-4-3-5-15(10-14)30(27,28)25-8-1-2-9-25/h3-7,10-12H,1-2,8-9H2,(H,23,24,26). The van der Waals surface area contributed by atoms with E-state index in [0.717, 1.165) is 36.3 Å². The molecule has 10 heteroatoms. The van der Waals surface area contributed by atoms with Crippen molar-refractivity contribution < 1.29 is 22.0 Å². The lowest BCUT2D eigenvalue weighted by molar-refractivity contribution is 0.102. The van der Waals surface area contributed by atoms with E-state index < -0.39 is 27.6 Å². The molecule has 0 bridgehead atoms. The first-order chi connectivity index (χ1) is 14.3. The first kappa shape index (κ1) is 20.6. The predicted octanol–water partition coefficient (Wildman–Crippen LogP) is 4.13. The molecular weight excluding hydrogens is 432 g/mol. The van der Waals surface area contributed by atoms with Gasteiger partial charge in [0.25, 0.3) is 5.91 Å². The first-order valence-corrected chi connectivity index (χ1v) is 11.5. The monoisotopic (exact) mass is 449 g/mol. The summed E-state index contributed by atoms with van der Waals surface area (Å²) in [6, 6.07) is 9.28. The molecule has 1 fully saturated rings. The highest BCUT2D eigenvalue weighted by Crippen LogP contribution is 2.27. The number of anilines is 1. The smallest absolute Gasteiger partial charge is 0.257 e. The van der Waals surface area contributed by atoms with Gasteiger partial charge in [-0.3, -0.25) is 10.1 Å². The molecule has 1 N–H and O–H groups in total. The molecule has 0 saturated carbocycles. The number of rotatable bonds is 5. The average molecular weight is 450 g/mol. The normalized spacial score (nSPS) is 14.7. The van der Waals surface area contributed by atoms with Crippen molar-refractivity contribution in [2.45, 2.75) is 17.7 Å². The molecule has 0 spiro atoms. The van der Waals surface area contributed by atoms with Crippen molar-refractivity contribution in [3.05, 3.63) is 65.0 Å². The molecule has 0 unspecified atom stereocenters. The van der Waals surface area contributed by atoms with Crippen LogP contribution in [0.5, 0.6) is 0 Å². The molecule has 1 saturated heterocycles. The Morgan fingerprint density at radius 1 is 1.07 bits per heavy atom. The van der Waals surface area contributed by atoms with Gasteiger partial charge in [-0.15, -0.1) is 11.3 Å². The average Bonchev–Trinajstić information content (AvgIpc) is 3.43. The van der Waals surface area contributed by atoms with Crippen LogP contribution in [0.3, 0.4) is 0 Å². The fraction of sp³-hybridized carbons (Fsp3) is 0.200. The summed E-state index contributed by atoms with van der Waals surface area (Å²) in [5.74, 6) is -2.45. The Balaban J connectivity index is 1.52. The Morgan fingerprint density at radius 3 is 2.57 bits per heavy atom. The van der Waals surface area contributed by atoms with Crippen LogP contribution in [0.25, 0.3) is 11.3 Å². The zero-order valence-electron chi connectivity index (χ0n) is 15.6. The third-order valence-corrected chi connectivity index (χ3v) is 7.39. The zero-order chi connectivity index (χ0) is 21.3. The highest BCUT2D eigenvalue weighted by Gasteiger charge is 2.27. The van der Waals surface area contributed by atoms with E-state index in [2.05, 4.69) is 10.3 Å². The number of sulfonamides is 1. The molecule has 3 aromatic rings. The zero-order valence-corrected chi connectivity index (χ0v) is 17.3. The van der Waals surface area contributed by atoms with Crippen LogP contribution in [0.1, 0.15) is 23.2 Å². The molecule has 30 heavy (non-hydrogen) atoms. The van der Waals surface area contributed by atoms with Crippen molar-refractivity contribution in [1.82, 2.24) is 9.29 Å². The van der Waals surface area contributed by atoms with Gasteiger partial charge in [0, 0.05) is 29.6 Å². The number of halogens is 2. The van der Waals surface area contributed by atoms with Gasteiger partial charge >= 0.3 is 0 Å². The maximum absolute atomic E-state index is 13.4. The molecule has 2 heterocycles. The van der Waals surface area contributed by atoms with Crippen LogP contribution in [-0.2, 0) is 10.0 Å². The van der Waals surface area contributed by atoms with Crippen LogP contribution in [0, 0.1) is 11.6 Å². The van der Waals surface area contributed by atoms with Crippen LogP contribution >= 0.6 is 11.3 Å². The molecule has 1 aliphatic heterocycles. The van der Waals surface area contributed by atoms with Gasteiger partial charge in [0.15, 0.2) is 16.8 Å². The van der Waals surface area contributed by atoms with Crippen molar-refractivity contribution in [3.8, 4) is 11.3 Å². The molecular formula is C20H17F2N3O3S2. The summed E-state index contributed by atoms with van der Waals surface area (Å²) in [5, 5.41) is 4.48. The fourth-order valence-electron chi connectivity index (χ4n) is 3.16. The molecule has 0 atom stereocenters. The van der Waals surface area contributed by atoms with Crippen molar-refractivity contribution in [1.29, 1.82) is 0 Å². The lowest BCUT2D eigenvalue weighted by Gasteiger charge is -2.15. The van der Waals surface area contributed by atoms with E-state index >= 15 is 0 Å². The van der Waals surface area contributed by atoms with Crippen LogP contribution in [0.2, 0.25) is 0 Å². The SMILES string of the molecule is O=C(Nc1nc(-c2ccc(F)c(F)c2)cs1)c1cccc(S(=O)(=O)N2CCCC2)c1. The predicted molar refractivity (Wildman–Crippen MR) is 110 cm³/mol. The van der Waals surface area contributed by atoms with Crippen LogP contribution in [-0.4, -0.2) is 36.7 Å². The molecule has 0 radical (unpaired) electrons. The summed E-state index contributed by atoms with van der Waals surface area (Å²) < 4.78 is 53.4. The number of amides is 1. The highest BCUT2D eigenvalue weighted by molar-refractivity contribution is 7.89. The number of hydrogen-bond donors (Lipinski definition) is 1. The molecule has 0 aliphatic carbocycles. The summed E-state index contributed by atoms with van der Waals surface area (Å²) in [4.78, 5) is 16.9. The number of thiazole rings is 1. The number of nitrogens with one attached hydrogen (secondary N) is 1. The second kappa shape index (κ2) is 8.21. The summed E-state index contributed by atoms with van der Waals surface area (Å²) in [7, 11) is -3.63. The Bertz CT molecular complexity index is 1210. The highest BCUT2D eigenvalue weighted by atomic mass is 32.2. The van der Waals surface area contributed by atoms with Gasteiger partial charge in [0.05, 0.1) is 10.6 Å². The van der Waals surface area contributed by atoms with Gasteiger partial charge in [0.1, 0.15) is 0 Å². The van der Waals surface area contributed by atoms with Gasteiger partial charge in [-0.1, -0.05) is 6.07 Å². The summed E-state index contributed by atoms with van der Waals surface area (Å²) >= 11 is 1.12. The van der Waals surface area contributed by atoms with E-state index in [0.29, 0.717) is 24.3 Å². The van der Waals surface area contributed by atoms with E-state index in [1.165, 1.54) is 34.6 Å². The van der Waals surface area contributed by atoms with Crippen molar-refractivity contribution in [3.63, 3.8) is 0 Å². The second-order valence-electron chi connectivity index (χ2n) is 6.76. The number of benzene rings is 2. The number of hydrogen-bond acceptors (Lipinski definition) is 5. The topological polar surface area (TPSA) is 79.4 Å². The minimum atomic E-state index is -3.63. The van der Waals surface area contributed by atoms with E-state index in [-0.39, 0.29) is 15.6 Å². The molecule has 1 aromatic heterocycles. The Morgan fingerprint density at radius 2 is 1.83 bits per heavy atom. The lowest BCUT2D eigenvalue weighted by atomic mass is 10.2. The van der Waals surface area contributed by atoms with E-state index in [4.69, 9.17) is 0 Å². The molecule has 1 amide bonds. The van der Waals surface area contributed by atoms with Gasteiger partial charge in [-0.2, -0.15) is 4.31 Å². The Labute approximate surface area is 176 Å². The maximum Gasteiger partial charge on any atom is 0.257 e. The van der Waals surface area contributed by atoms with E-state index in [1.54, 1.807) is 5.38 Å². The van der Waals surface area contributed by atoms with E-state index in [9.17, 15) is 22.0 Å². The molecule has 4 rings (SSSR count). The third kappa shape index (κ3) is 4.11. The quantitative estimate of drug-likeness (QED) is 0.635. The minimum Gasteiger partial charge on any atom is -0.298 e. The largest absolute Gasteiger partial charge is 0.298 e. The number of nitrogens with zero attached hydrogens (tertiary/aromatic N) is 2. The number of carbonyl (C=O) groups excluding carboxylic acids is 1.